The van der Waals surface area contributed by atoms with E-state index in [1.54, 1.807) is 19.2 Å². The monoisotopic (exact) mass is 416 g/mol. The molecule has 0 spiro atoms. The van der Waals surface area contributed by atoms with Gasteiger partial charge in [-0.2, -0.15) is 19.3 Å². The number of aromatic nitrogens is 5. The lowest BCUT2D eigenvalue weighted by Crippen LogP contribution is -2.46. The van der Waals surface area contributed by atoms with Gasteiger partial charge in [0, 0.05) is 25.8 Å². The summed E-state index contributed by atoms with van der Waals surface area (Å²) in [4.78, 5) is 1.26. The van der Waals surface area contributed by atoms with Gasteiger partial charge in [0.25, 0.3) is 10.0 Å². The number of hydrogen-bond acceptors (Lipinski definition) is 5. The summed E-state index contributed by atoms with van der Waals surface area (Å²) in [5, 5.41) is 12.4. The van der Waals surface area contributed by atoms with E-state index in [0.29, 0.717) is 19.0 Å². The van der Waals surface area contributed by atoms with Gasteiger partial charge in [-0.25, -0.2) is 17.5 Å². The van der Waals surface area contributed by atoms with Crippen LogP contribution < -0.4 is 0 Å². The van der Waals surface area contributed by atoms with Gasteiger partial charge in [0.15, 0.2) is 0 Å². The number of piperidine rings is 1. The first-order valence-electron chi connectivity index (χ1n) is 9.60. The summed E-state index contributed by atoms with van der Waals surface area (Å²) in [6, 6.07) is 6.32. The second-order valence-electron chi connectivity index (χ2n) is 7.76. The molecule has 10 heteroatoms. The molecule has 1 aliphatic heterocycles. The van der Waals surface area contributed by atoms with Gasteiger partial charge in [0.2, 0.25) is 5.03 Å². The van der Waals surface area contributed by atoms with Gasteiger partial charge in [0.1, 0.15) is 5.82 Å². The number of sulfonamides is 1. The fourth-order valence-electron chi connectivity index (χ4n) is 4.47. The molecule has 1 aliphatic carbocycles. The maximum atomic E-state index is 13.3. The number of hydrogen-bond donors (Lipinski definition) is 0. The molecule has 0 bridgehead atoms. The van der Waals surface area contributed by atoms with Crippen molar-refractivity contribution in [2.45, 2.75) is 24.3 Å². The summed E-state index contributed by atoms with van der Waals surface area (Å²) in [5.41, 5.74) is 3.12. The molecule has 0 radical (unpaired) electrons. The maximum Gasteiger partial charge on any atom is 0.264 e. The Kier molecular flexibility index (Phi) is 4.28. The molecule has 152 valence electrons. The topological polar surface area (TPSA) is 85.9 Å². The van der Waals surface area contributed by atoms with E-state index in [1.165, 1.54) is 27.4 Å². The van der Waals surface area contributed by atoms with E-state index < -0.39 is 10.0 Å². The standard InChI is InChI=1S/C19H21FN6O2S/c1-24-21-11-19(23-24)29(27,28)25-7-6-13-9-18-14(8-15(13)12-25)10-22-26(18)17-4-2-16(20)3-5-17/h2-5,10-11,13,15H,6-9,12H2,1H3/t13-,15-/m0/s1. The van der Waals surface area contributed by atoms with Gasteiger partial charge >= 0.3 is 0 Å². The van der Waals surface area contributed by atoms with Crippen molar-refractivity contribution >= 4 is 10.0 Å². The molecule has 29 heavy (non-hydrogen) atoms. The molecule has 2 aliphatic rings. The van der Waals surface area contributed by atoms with Crippen LogP contribution >= 0.6 is 0 Å². The number of halogens is 1. The molecule has 8 nitrogen and oxygen atoms in total. The van der Waals surface area contributed by atoms with E-state index in [1.807, 2.05) is 10.9 Å². The fraction of sp³-hybridized carbons (Fsp3) is 0.421. The van der Waals surface area contributed by atoms with Gasteiger partial charge in [-0.1, -0.05) is 0 Å². The van der Waals surface area contributed by atoms with Crippen LogP contribution in [0.1, 0.15) is 17.7 Å². The van der Waals surface area contributed by atoms with Gasteiger partial charge in [-0.3, -0.25) is 0 Å². The minimum atomic E-state index is -3.63. The predicted octanol–water partition coefficient (Wildman–Crippen LogP) is 1.57. The molecule has 0 unspecified atom stereocenters. The third-order valence-electron chi connectivity index (χ3n) is 6.00. The van der Waals surface area contributed by atoms with Crippen molar-refractivity contribution in [3.63, 3.8) is 0 Å². The summed E-state index contributed by atoms with van der Waals surface area (Å²) in [6.45, 7) is 0.949. The largest absolute Gasteiger partial charge is 0.264 e. The van der Waals surface area contributed by atoms with Crippen LogP contribution in [0.15, 0.2) is 41.7 Å². The van der Waals surface area contributed by atoms with Crippen LogP contribution in [-0.4, -0.2) is 50.6 Å². The summed E-state index contributed by atoms with van der Waals surface area (Å²) in [6.07, 6.45) is 5.57. The molecule has 5 rings (SSSR count). The number of rotatable bonds is 3. The maximum absolute atomic E-state index is 13.3. The second kappa shape index (κ2) is 6.74. The first kappa shape index (κ1) is 18.4. The third-order valence-corrected chi connectivity index (χ3v) is 7.73. The predicted molar refractivity (Wildman–Crippen MR) is 102 cm³/mol. The molecule has 1 fully saturated rings. The highest BCUT2D eigenvalue weighted by molar-refractivity contribution is 7.89. The Balaban J connectivity index is 1.38. The molecule has 1 aromatic carbocycles. The van der Waals surface area contributed by atoms with Crippen molar-refractivity contribution < 1.29 is 12.8 Å². The van der Waals surface area contributed by atoms with Crippen molar-refractivity contribution in [1.29, 1.82) is 0 Å². The minimum Gasteiger partial charge on any atom is -0.238 e. The molecule has 0 N–H and O–H groups in total. The van der Waals surface area contributed by atoms with Crippen LogP contribution in [0.5, 0.6) is 0 Å². The minimum absolute atomic E-state index is 0.000854. The lowest BCUT2D eigenvalue weighted by Gasteiger charge is -2.40. The quantitative estimate of drug-likeness (QED) is 0.647. The molecule has 0 amide bonds. The number of nitrogens with zero attached hydrogens (tertiary/aromatic N) is 6. The molecular weight excluding hydrogens is 395 g/mol. The number of benzene rings is 1. The van der Waals surface area contributed by atoms with Crippen LogP contribution in [0.3, 0.4) is 0 Å². The molecular formula is C19H21FN6O2S. The SMILES string of the molecule is Cn1ncc(S(=O)(=O)N2CC[C@H]3Cc4c(cnn4-c4ccc(F)cc4)C[C@H]3C2)n1. The Labute approximate surface area is 168 Å². The highest BCUT2D eigenvalue weighted by atomic mass is 32.2. The normalized spacial score (nSPS) is 22.3. The van der Waals surface area contributed by atoms with Crippen molar-refractivity contribution in [2.24, 2.45) is 18.9 Å². The fourth-order valence-corrected chi connectivity index (χ4v) is 5.87. The average Bonchev–Trinajstić information content (AvgIpc) is 3.33. The van der Waals surface area contributed by atoms with E-state index in [0.717, 1.165) is 36.2 Å². The Bertz CT molecular complexity index is 1150. The first-order valence-corrected chi connectivity index (χ1v) is 11.0. The average molecular weight is 416 g/mol. The van der Waals surface area contributed by atoms with Crippen LogP contribution in [0.25, 0.3) is 5.69 Å². The zero-order chi connectivity index (χ0) is 20.2. The smallest absolute Gasteiger partial charge is 0.238 e. The first-order chi connectivity index (χ1) is 13.9. The van der Waals surface area contributed by atoms with Crippen molar-refractivity contribution in [1.82, 2.24) is 29.1 Å². The van der Waals surface area contributed by atoms with Crippen LogP contribution in [0.4, 0.5) is 4.39 Å². The van der Waals surface area contributed by atoms with Crippen LogP contribution in [-0.2, 0) is 29.9 Å². The van der Waals surface area contributed by atoms with Crippen molar-refractivity contribution in [2.75, 3.05) is 13.1 Å². The molecule has 3 heterocycles. The summed E-state index contributed by atoms with van der Waals surface area (Å²) < 4.78 is 42.5. The lowest BCUT2D eigenvalue weighted by molar-refractivity contribution is 0.171. The highest BCUT2D eigenvalue weighted by Crippen LogP contribution is 2.37. The number of aryl methyl sites for hydroxylation is 1. The molecule has 1 saturated heterocycles. The number of fused-ring (bicyclic) bond motifs is 2. The van der Waals surface area contributed by atoms with Gasteiger partial charge in [0.05, 0.1) is 18.1 Å². The Hall–Kier alpha value is -2.59. The molecule has 0 saturated carbocycles. The van der Waals surface area contributed by atoms with E-state index in [4.69, 9.17) is 0 Å². The van der Waals surface area contributed by atoms with E-state index >= 15 is 0 Å². The Morgan fingerprint density at radius 1 is 1.07 bits per heavy atom. The van der Waals surface area contributed by atoms with Gasteiger partial charge in [-0.05, 0) is 60.9 Å². The van der Waals surface area contributed by atoms with E-state index in [2.05, 4.69) is 15.3 Å². The van der Waals surface area contributed by atoms with Crippen LogP contribution in [0.2, 0.25) is 0 Å². The van der Waals surface area contributed by atoms with E-state index in [9.17, 15) is 12.8 Å². The lowest BCUT2D eigenvalue weighted by atomic mass is 9.75. The van der Waals surface area contributed by atoms with E-state index in [-0.39, 0.29) is 16.8 Å². The molecule has 2 aromatic heterocycles. The van der Waals surface area contributed by atoms with Crippen molar-refractivity contribution in [3.05, 3.63) is 53.7 Å². The van der Waals surface area contributed by atoms with Gasteiger partial charge in [-0.15, -0.1) is 5.10 Å². The van der Waals surface area contributed by atoms with Gasteiger partial charge < -0.3 is 0 Å². The molecule has 2 atom stereocenters. The second-order valence-corrected chi connectivity index (χ2v) is 9.64. The molecule has 3 aromatic rings. The zero-order valence-corrected chi connectivity index (χ0v) is 16.8. The Morgan fingerprint density at radius 3 is 2.59 bits per heavy atom. The summed E-state index contributed by atoms with van der Waals surface area (Å²) in [5.74, 6) is 0.367. The van der Waals surface area contributed by atoms with Crippen molar-refractivity contribution in [3.8, 4) is 5.69 Å². The highest BCUT2D eigenvalue weighted by Gasteiger charge is 2.40. The Morgan fingerprint density at radius 2 is 1.86 bits per heavy atom. The van der Waals surface area contributed by atoms with Crippen LogP contribution in [0, 0.1) is 17.7 Å². The zero-order valence-electron chi connectivity index (χ0n) is 15.9. The summed E-state index contributed by atoms with van der Waals surface area (Å²) >= 11 is 0. The third kappa shape index (κ3) is 3.16. The summed E-state index contributed by atoms with van der Waals surface area (Å²) in [7, 11) is -2.02.